The number of hydrogen-bond donors (Lipinski definition) is 2. The van der Waals surface area contributed by atoms with Gasteiger partial charge in [0.2, 0.25) is 5.91 Å². The summed E-state index contributed by atoms with van der Waals surface area (Å²) in [6.07, 6.45) is 2.82. The van der Waals surface area contributed by atoms with Gasteiger partial charge in [-0.1, -0.05) is 6.07 Å². The quantitative estimate of drug-likeness (QED) is 0.755. The molecule has 2 rings (SSSR count). The Balaban J connectivity index is 1.79. The van der Waals surface area contributed by atoms with Crippen molar-refractivity contribution in [3.63, 3.8) is 0 Å². The minimum Gasteiger partial charge on any atom is -0.493 e. The first-order valence-corrected chi connectivity index (χ1v) is 7.38. The van der Waals surface area contributed by atoms with Crippen LogP contribution in [-0.4, -0.2) is 25.6 Å². The first kappa shape index (κ1) is 15.3. The van der Waals surface area contributed by atoms with Crippen molar-refractivity contribution in [2.24, 2.45) is 5.92 Å². The highest BCUT2D eigenvalue weighted by Gasteiger charge is 2.18. The first-order chi connectivity index (χ1) is 10.3. The van der Waals surface area contributed by atoms with Gasteiger partial charge in [0.15, 0.2) is 0 Å². The van der Waals surface area contributed by atoms with Gasteiger partial charge in [0.1, 0.15) is 5.75 Å². The number of nitrogens with zero attached hydrogens (tertiary/aromatic N) is 1. The van der Waals surface area contributed by atoms with E-state index in [0.29, 0.717) is 37.5 Å². The molecule has 0 bridgehead atoms. The van der Waals surface area contributed by atoms with E-state index >= 15 is 0 Å². The van der Waals surface area contributed by atoms with Gasteiger partial charge >= 0.3 is 0 Å². The van der Waals surface area contributed by atoms with E-state index in [1.54, 1.807) is 0 Å². The zero-order valence-electron chi connectivity index (χ0n) is 12.1. The molecule has 0 spiro atoms. The largest absolute Gasteiger partial charge is 0.493 e. The molecule has 0 radical (unpaired) electrons. The maximum absolute atomic E-state index is 12.0. The van der Waals surface area contributed by atoms with Gasteiger partial charge in [0, 0.05) is 24.6 Å². The topological polar surface area (TPSA) is 74.1 Å². The van der Waals surface area contributed by atoms with Gasteiger partial charge in [0.25, 0.3) is 0 Å². The van der Waals surface area contributed by atoms with Crippen molar-refractivity contribution in [2.75, 3.05) is 25.0 Å². The summed E-state index contributed by atoms with van der Waals surface area (Å²) in [5, 5.41) is 14.6. The molecule has 1 aliphatic rings. The van der Waals surface area contributed by atoms with Crippen LogP contribution in [0.4, 0.5) is 5.69 Å². The average molecular weight is 287 g/mol. The van der Waals surface area contributed by atoms with Crippen LogP contribution < -0.4 is 15.4 Å². The highest BCUT2D eigenvalue weighted by atomic mass is 16.5. The Morgan fingerprint density at radius 2 is 2.43 bits per heavy atom. The third-order valence-corrected chi connectivity index (χ3v) is 3.46. The van der Waals surface area contributed by atoms with Gasteiger partial charge in [-0.25, -0.2) is 0 Å². The van der Waals surface area contributed by atoms with Gasteiger partial charge in [0.05, 0.1) is 12.7 Å². The second-order valence-corrected chi connectivity index (χ2v) is 5.25. The van der Waals surface area contributed by atoms with Crippen LogP contribution in [0.25, 0.3) is 0 Å². The second kappa shape index (κ2) is 8.28. The smallest absolute Gasteiger partial charge is 0.224 e. The standard InChI is InChI=1S/C16H21N3O2/c17-7-1-2-9-21-15-5-3-4-14(11-15)19-16(20)10-13-6-8-18-12-13/h3-5,11,13,18H,1-2,6,8-10,12H2,(H,19,20). The van der Waals surface area contributed by atoms with Crippen LogP contribution in [0.3, 0.4) is 0 Å². The van der Waals surface area contributed by atoms with E-state index in [-0.39, 0.29) is 5.91 Å². The van der Waals surface area contributed by atoms with Gasteiger partial charge in [-0.15, -0.1) is 0 Å². The molecular weight excluding hydrogens is 266 g/mol. The average Bonchev–Trinajstić information content (AvgIpc) is 2.97. The molecule has 0 saturated carbocycles. The van der Waals surface area contributed by atoms with Crippen molar-refractivity contribution < 1.29 is 9.53 Å². The molecule has 112 valence electrons. The van der Waals surface area contributed by atoms with E-state index in [2.05, 4.69) is 16.7 Å². The van der Waals surface area contributed by atoms with Gasteiger partial charge in [-0.3, -0.25) is 4.79 Å². The third kappa shape index (κ3) is 5.44. The summed E-state index contributed by atoms with van der Waals surface area (Å²) < 4.78 is 5.55. The molecule has 5 heteroatoms. The fraction of sp³-hybridized carbons (Fsp3) is 0.500. The Hall–Kier alpha value is -2.06. The number of benzene rings is 1. The lowest BCUT2D eigenvalue weighted by Gasteiger charge is -2.11. The molecular formula is C16H21N3O2. The van der Waals surface area contributed by atoms with Crippen LogP contribution in [0, 0.1) is 17.2 Å². The van der Waals surface area contributed by atoms with Crippen LogP contribution in [0.5, 0.6) is 5.75 Å². The molecule has 1 heterocycles. The maximum Gasteiger partial charge on any atom is 0.224 e. The Kier molecular flexibility index (Phi) is 6.04. The number of amides is 1. The fourth-order valence-electron chi connectivity index (χ4n) is 2.37. The number of anilines is 1. The maximum atomic E-state index is 12.0. The molecule has 5 nitrogen and oxygen atoms in total. The molecule has 0 aromatic heterocycles. The summed E-state index contributed by atoms with van der Waals surface area (Å²) in [4.78, 5) is 12.0. The minimum absolute atomic E-state index is 0.0466. The SMILES string of the molecule is N#CCCCOc1cccc(NC(=O)CC2CCNC2)c1. The van der Waals surface area contributed by atoms with Crippen molar-refractivity contribution in [2.45, 2.75) is 25.7 Å². The molecule has 1 atom stereocenters. The van der Waals surface area contributed by atoms with Crippen LogP contribution >= 0.6 is 0 Å². The number of nitriles is 1. The predicted molar refractivity (Wildman–Crippen MR) is 81.0 cm³/mol. The summed E-state index contributed by atoms with van der Waals surface area (Å²) in [5.41, 5.74) is 0.753. The Labute approximate surface area is 125 Å². The van der Waals surface area contributed by atoms with E-state index in [4.69, 9.17) is 10.00 Å². The molecule has 1 saturated heterocycles. The number of carbonyl (C=O) groups is 1. The van der Waals surface area contributed by atoms with Gasteiger partial charge in [-0.2, -0.15) is 5.26 Å². The number of nitrogens with one attached hydrogen (secondary N) is 2. The normalized spacial score (nSPS) is 17.2. The lowest BCUT2D eigenvalue weighted by molar-refractivity contribution is -0.116. The number of rotatable bonds is 7. The molecule has 1 unspecified atom stereocenters. The van der Waals surface area contributed by atoms with E-state index in [1.165, 1.54) is 0 Å². The van der Waals surface area contributed by atoms with Crippen molar-refractivity contribution in [3.05, 3.63) is 24.3 Å². The van der Waals surface area contributed by atoms with Crippen molar-refractivity contribution in [1.29, 1.82) is 5.26 Å². The van der Waals surface area contributed by atoms with E-state index in [0.717, 1.165) is 25.2 Å². The monoisotopic (exact) mass is 287 g/mol. The van der Waals surface area contributed by atoms with Crippen LogP contribution in [-0.2, 0) is 4.79 Å². The molecule has 1 amide bonds. The molecule has 1 aromatic rings. The van der Waals surface area contributed by atoms with E-state index < -0.39 is 0 Å². The summed E-state index contributed by atoms with van der Waals surface area (Å²) in [6.45, 7) is 2.44. The molecule has 1 fully saturated rings. The molecule has 1 aliphatic heterocycles. The molecule has 21 heavy (non-hydrogen) atoms. The number of ether oxygens (including phenoxy) is 1. The van der Waals surface area contributed by atoms with E-state index in [1.807, 2.05) is 24.3 Å². The Morgan fingerprint density at radius 3 is 3.19 bits per heavy atom. The van der Waals surface area contributed by atoms with E-state index in [9.17, 15) is 4.79 Å². The first-order valence-electron chi connectivity index (χ1n) is 7.38. The fourth-order valence-corrected chi connectivity index (χ4v) is 2.37. The zero-order valence-corrected chi connectivity index (χ0v) is 12.1. The van der Waals surface area contributed by atoms with Crippen LogP contribution in [0.2, 0.25) is 0 Å². The third-order valence-electron chi connectivity index (χ3n) is 3.46. The van der Waals surface area contributed by atoms with Gasteiger partial charge in [-0.05, 0) is 44.0 Å². The molecule has 0 aliphatic carbocycles. The van der Waals surface area contributed by atoms with Crippen molar-refractivity contribution >= 4 is 11.6 Å². The Bertz CT molecular complexity index is 504. The summed E-state index contributed by atoms with van der Waals surface area (Å²) in [7, 11) is 0. The second-order valence-electron chi connectivity index (χ2n) is 5.25. The van der Waals surface area contributed by atoms with Crippen LogP contribution in [0.15, 0.2) is 24.3 Å². The summed E-state index contributed by atoms with van der Waals surface area (Å²) in [6, 6.07) is 9.46. The lowest BCUT2D eigenvalue weighted by atomic mass is 10.0. The number of hydrogen-bond acceptors (Lipinski definition) is 4. The Morgan fingerprint density at radius 1 is 1.52 bits per heavy atom. The van der Waals surface area contributed by atoms with Crippen LogP contribution in [0.1, 0.15) is 25.7 Å². The number of unbranched alkanes of at least 4 members (excludes halogenated alkanes) is 1. The highest BCUT2D eigenvalue weighted by molar-refractivity contribution is 5.91. The number of carbonyl (C=O) groups excluding carboxylic acids is 1. The highest BCUT2D eigenvalue weighted by Crippen LogP contribution is 2.19. The zero-order chi connectivity index (χ0) is 14.9. The minimum atomic E-state index is 0.0466. The van der Waals surface area contributed by atoms with Crippen molar-refractivity contribution in [3.8, 4) is 11.8 Å². The van der Waals surface area contributed by atoms with Gasteiger partial charge < -0.3 is 15.4 Å². The van der Waals surface area contributed by atoms with Crippen molar-refractivity contribution in [1.82, 2.24) is 5.32 Å². The molecule has 1 aromatic carbocycles. The molecule has 2 N–H and O–H groups in total. The predicted octanol–water partition coefficient (Wildman–Crippen LogP) is 2.31. The summed E-state index contributed by atoms with van der Waals surface area (Å²) >= 11 is 0. The summed E-state index contributed by atoms with van der Waals surface area (Å²) in [5.74, 6) is 1.20. The lowest BCUT2D eigenvalue weighted by Crippen LogP contribution is -2.18.